The number of halogens is 1. The number of carbonyl (C=O) groups excluding carboxylic acids is 2. The fourth-order valence-electron chi connectivity index (χ4n) is 3.21. The number of hydrogen-bond acceptors (Lipinski definition) is 4. The van der Waals surface area contributed by atoms with Gasteiger partial charge in [-0.15, -0.1) is 0 Å². The molecule has 4 aromatic carbocycles. The number of anilines is 1. The highest BCUT2D eigenvalue weighted by atomic mass is 127. The van der Waals surface area contributed by atoms with Crippen molar-refractivity contribution in [3.8, 4) is 22.6 Å². The standard InChI is InChI=1S/C27H20INO4/c1-32-25-17-22(13-16-24(25)28)29-26(30)20-11-14-23(15-12-20)33-27(31)21-9-7-19(8-10-21)18-5-3-2-4-6-18/h2-17H,1H3,(H,29,30). The Labute approximate surface area is 205 Å². The van der Waals surface area contributed by atoms with Crippen molar-refractivity contribution < 1.29 is 19.1 Å². The van der Waals surface area contributed by atoms with Gasteiger partial charge in [0.1, 0.15) is 11.5 Å². The molecule has 1 N–H and O–H groups in total. The molecule has 0 aliphatic carbocycles. The van der Waals surface area contributed by atoms with Crippen LogP contribution >= 0.6 is 22.6 Å². The molecule has 1 amide bonds. The Hall–Kier alpha value is -3.65. The first-order valence-corrected chi connectivity index (χ1v) is 11.2. The molecule has 0 atom stereocenters. The lowest BCUT2D eigenvalue weighted by molar-refractivity contribution is 0.0734. The Morgan fingerprint density at radius 3 is 2.06 bits per heavy atom. The smallest absolute Gasteiger partial charge is 0.343 e. The number of methoxy groups -OCH3 is 1. The minimum Gasteiger partial charge on any atom is -0.496 e. The Balaban J connectivity index is 1.39. The monoisotopic (exact) mass is 549 g/mol. The molecule has 0 saturated carbocycles. The normalized spacial score (nSPS) is 10.4. The third-order valence-electron chi connectivity index (χ3n) is 4.96. The van der Waals surface area contributed by atoms with Crippen LogP contribution in [0.25, 0.3) is 11.1 Å². The summed E-state index contributed by atoms with van der Waals surface area (Å²) in [5.74, 6) is 0.317. The third-order valence-corrected chi connectivity index (χ3v) is 5.85. The second kappa shape index (κ2) is 10.3. The van der Waals surface area contributed by atoms with Gasteiger partial charge in [0, 0.05) is 17.3 Å². The van der Waals surface area contributed by atoms with E-state index in [0.717, 1.165) is 14.7 Å². The quantitative estimate of drug-likeness (QED) is 0.171. The van der Waals surface area contributed by atoms with Gasteiger partial charge >= 0.3 is 5.97 Å². The zero-order valence-corrected chi connectivity index (χ0v) is 19.9. The van der Waals surface area contributed by atoms with E-state index in [1.165, 1.54) is 0 Å². The molecule has 0 aromatic heterocycles. The van der Waals surface area contributed by atoms with E-state index >= 15 is 0 Å². The average Bonchev–Trinajstić information content (AvgIpc) is 2.86. The van der Waals surface area contributed by atoms with E-state index in [-0.39, 0.29) is 5.91 Å². The van der Waals surface area contributed by atoms with Gasteiger partial charge in [-0.2, -0.15) is 0 Å². The molecule has 0 aliphatic rings. The first-order chi connectivity index (χ1) is 16.0. The zero-order chi connectivity index (χ0) is 23.2. The molecule has 0 fully saturated rings. The molecule has 0 spiro atoms. The Morgan fingerprint density at radius 2 is 1.39 bits per heavy atom. The summed E-state index contributed by atoms with van der Waals surface area (Å²) in [5, 5.41) is 2.83. The lowest BCUT2D eigenvalue weighted by atomic mass is 10.0. The van der Waals surface area contributed by atoms with Crippen molar-refractivity contribution in [3.05, 3.63) is 112 Å². The molecule has 6 heteroatoms. The highest BCUT2D eigenvalue weighted by Gasteiger charge is 2.12. The molecule has 0 bridgehead atoms. The summed E-state index contributed by atoms with van der Waals surface area (Å²) in [6, 6.07) is 29.0. The van der Waals surface area contributed by atoms with Gasteiger partial charge in [-0.3, -0.25) is 4.79 Å². The van der Waals surface area contributed by atoms with Gasteiger partial charge in [0.15, 0.2) is 0 Å². The van der Waals surface area contributed by atoms with E-state index in [1.807, 2.05) is 48.5 Å². The largest absolute Gasteiger partial charge is 0.496 e. The number of hydrogen-bond donors (Lipinski definition) is 1. The van der Waals surface area contributed by atoms with Crippen LogP contribution < -0.4 is 14.8 Å². The van der Waals surface area contributed by atoms with Crippen LogP contribution in [0.3, 0.4) is 0 Å². The van der Waals surface area contributed by atoms with Crippen LogP contribution in [-0.4, -0.2) is 19.0 Å². The maximum atomic E-state index is 12.5. The van der Waals surface area contributed by atoms with E-state index in [9.17, 15) is 9.59 Å². The summed E-state index contributed by atoms with van der Waals surface area (Å²) in [6.07, 6.45) is 0. The van der Waals surface area contributed by atoms with Gasteiger partial charge in [-0.05, 0) is 82.2 Å². The van der Waals surface area contributed by atoms with Crippen molar-refractivity contribution in [1.82, 2.24) is 0 Å². The lowest BCUT2D eigenvalue weighted by Gasteiger charge is -2.09. The van der Waals surface area contributed by atoms with Gasteiger partial charge in [0.25, 0.3) is 5.91 Å². The summed E-state index contributed by atoms with van der Waals surface area (Å²) in [7, 11) is 1.58. The molecular weight excluding hydrogens is 529 g/mol. The maximum absolute atomic E-state index is 12.5. The van der Waals surface area contributed by atoms with Crippen LogP contribution in [0.4, 0.5) is 5.69 Å². The van der Waals surface area contributed by atoms with Gasteiger partial charge in [-0.1, -0.05) is 42.5 Å². The first kappa shape index (κ1) is 22.5. The Kier molecular flexibility index (Phi) is 7.04. The highest BCUT2D eigenvalue weighted by Crippen LogP contribution is 2.25. The van der Waals surface area contributed by atoms with E-state index in [2.05, 4.69) is 27.9 Å². The topological polar surface area (TPSA) is 64.6 Å². The predicted molar refractivity (Wildman–Crippen MR) is 137 cm³/mol. The lowest BCUT2D eigenvalue weighted by Crippen LogP contribution is -2.12. The number of carbonyl (C=O) groups is 2. The number of benzene rings is 4. The second-order valence-electron chi connectivity index (χ2n) is 7.16. The van der Waals surface area contributed by atoms with Crippen LogP contribution in [0.15, 0.2) is 97.1 Å². The molecule has 0 saturated heterocycles. The number of esters is 1. The first-order valence-electron chi connectivity index (χ1n) is 10.2. The van der Waals surface area contributed by atoms with Crippen LogP contribution in [0.1, 0.15) is 20.7 Å². The SMILES string of the molecule is COc1cc(NC(=O)c2ccc(OC(=O)c3ccc(-c4ccccc4)cc3)cc2)ccc1I. The molecule has 0 unspecified atom stereocenters. The summed E-state index contributed by atoms with van der Waals surface area (Å²) < 4.78 is 11.7. The van der Waals surface area contributed by atoms with Crippen molar-refractivity contribution in [1.29, 1.82) is 0 Å². The van der Waals surface area contributed by atoms with Gasteiger partial charge < -0.3 is 14.8 Å². The molecule has 164 valence electrons. The molecule has 5 nitrogen and oxygen atoms in total. The minimum absolute atomic E-state index is 0.271. The summed E-state index contributed by atoms with van der Waals surface area (Å²) in [4.78, 5) is 25.0. The average molecular weight is 549 g/mol. The van der Waals surface area contributed by atoms with Gasteiger partial charge in [0.05, 0.1) is 16.2 Å². The van der Waals surface area contributed by atoms with Crippen molar-refractivity contribution in [2.45, 2.75) is 0 Å². The molecule has 4 rings (SSSR count). The van der Waals surface area contributed by atoms with Gasteiger partial charge in [0.2, 0.25) is 0 Å². The summed E-state index contributed by atoms with van der Waals surface area (Å²) in [5.41, 5.74) is 3.62. The Bertz CT molecular complexity index is 1270. The van der Waals surface area contributed by atoms with E-state index < -0.39 is 5.97 Å². The van der Waals surface area contributed by atoms with E-state index in [4.69, 9.17) is 9.47 Å². The number of ether oxygens (including phenoxy) is 2. The molecule has 33 heavy (non-hydrogen) atoms. The van der Waals surface area contributed by atoms with Crippen molar-refractivity contribution in [3.63, 3.8) is 0 Å². The maximum Gasteiger partial charge on any atom is 0.343 e. The minimum atomic E-state index is -0.460. The molecule has 0 radical (unpaired) electrons. The van der Waals surface area contributed by atoms with Crippen LogP contribution in [0.5, 0.6) is 11.5 Å². The highest BCUT2D eigenvalue weighted by molar-refractivity contribution is 14.1. The number of amides is 1. The fourth-order valence-corrected chi connectivity index (χ4v) is 3.77. The molecule has 0 heterocycles. The van der Waals surface area contributed by atoms with Crippen molar-refractivity contribution >= 4 is 40.2 Å². The number of nitrogens with one attached hydrogen (secondary N) is 1. The van der Waals surface area contributed by atoms with Crippen LogP contribution in [0, 0.1) is 3.57 Å². The van der Waals surface area contributed by atoms with Crippen molar-refractivity contribution in [2.24, 2.45) is 0 Å². The van der Waals surface area contributed by atoms with E-state index in [0.29, 0.717) is 28.3 Å². The summed E-state index contributed by atoms with van der Waals surface area (Å²) >= 11 is 2.16. The Morgan fingerprint density at radius 1 is 0.758 bits per heavy atom. The summed E-state index contributed by atoms with van der Waals surface area (Å²) in [6.45, 7) is 0. The third kappa shape index (κ3) is 5.59. The van der Waals surface area contributed by atoms with Crippen LogP contribution in [-0.2, 0) is 0 Å². The fraction of sp³-hybridized carbons (Fsp3) is 0.0370. The zero-order valence-electron chi connectivity index (χ0n) is 17.7. The van der Waals surface area contributed by atoms with E-state index in [1.54, 1.807) is 55.6 Å². The molecule has 0 aliphatic heterocycles. The van der Waals surface area contributed by atoms with Crippen LogP contribution in [0.2, 0.25) is 0 Å². The second-order valence-corrected chi connectivity index (χ2v) is 8.32. The molecule has 4 aromatic rings. The van der Waals surface area contributed by atoms with Crippen molar-refractivity contribution in [2.75, 3.05) is 12.4 Å². The number of rotatable bonds is 6. The predicted octanol–water partition coefficient (Wildman–Crippen LogP) is 6.44. The van der Waals surface area contributed by atoms with Gasteiger partial charge in [-0.25, -0.2) is 4.79 Å². The molecular formula is C27H20INO4.